The van der Waals surface area contributed by atoms with E-state index in [-0.39, 0.29) is 18.1 Å². The Labute approximate surface area is 139 Å². The maximum absolute atomic E-state index is 13.6. The van der Waals surface area contributed by atoms with Gasteiger partial charge in [0.1, 0.15) is 5.82 Å². The van der Waals surface area contributed by atoms with E-state index in [2.05, 4.69) is 10.4 Å². The molecule has 0 atom stereocenters. The normalized spacial score (nSPS) is 10.8. The first kappa shape index (κ1) is 16.0. The van der Waals surface area contributed by atoms with Crippen molar-refractivity contribution >= 4 is 11.6 Å². The summed E-state index contributed by atoms with van der Waals surface area (Å²) in [5.41, 5.74) is 3.88. The first-order valence-electron chi connectivity index (χ1n) is 7.67. The number of nitrogens with zero attached hydrogens (tertiary/aromatic N) is 3. The Hall–Kier alpha value is -2.89. The van der Waals surface area contributed by atoms with Crippen LogP contribution in [-0.4, -0.2) is 20.3 Å². The Morgan fingerprint density at radius 1 is 1.25 bits per heavy atom. The smallest absolute Gasteiger partial charge is 0.228 e. The molecule has 0 spiro atoms. The number of benzene rings is 1. The molecule has 1 amide bonds. The molecule has 0 aliphatic heterocycles. The molecule has 0 saturated carbocycles. The number of anilines is 1. The van der Waals surface area contributed by atoms with Gasteiger partial charge < -0.3 is 9.88 Å². The van der Waals surface area contributed by atoms with Crippen LogP contribution in [-0.2, 0) is 18.3 Å². The van der Waals surface area contributed by atoms with Crippen molar-refractivity contribution in [2.45, 2.75) is 20.3 Å². The van der Waals surface area contributed by atoms with Crippen LogP contribution in [0.1, 0.15) is 17.0 Å². The molecule has 0 saturated heterocycles. The summed E-state index contributed by atoms with van der Waals surface area (Å²) in [7, 11) is 1.86. The largest absolute Gasteiger partial charge is 0.324 e. The molecule has 3 aromatic rings. The number of carbonyl (C=O) groups is 1. The summed E-state index contributed by atoms with van der Waals surface area (Å²) in [6.07, 6.45) is 3.84. The molecular weight excluding hydrogens is 307 g/mol. The molecule has 5 nitrogen and oxygen atoms in total. The van der Waals surface area contributed by atoms with Gasteiger partial charge in [0.15, 0.2) is 0 Å². The van der Waals surface area contributed by atoms with Gasteiger partial charge in [0.2, 0.25) is 5.91 Å². The van der Waals surface area contributed by atoms with Crippen molar-refractivity contribution < 1.29 is 9.18 Å². The van der Waals surface area contributed by atoms with E-state index in [4.69, 9.17) is 0 Å². The van der Waals surface area contributed by atoms with E-state index >= 15 is 0 Å². The lowest BCUT2D eigenvalue weighted by atomic mass is 10.1. The molecule has 3 rings (SSSR count). The highest BCUT2D eigenvalue weighted by molar-refractivity contribution is 5.94. The van der Waals surface area contributed by atoms with Crippen LogP contribution in [0.5, 0.6) is 0 Å². The Morgan fingerprint density at radius 3 is 2.58 bits per heavy atom. The highest BCUT2D eigenvalue weighted by atomic mass is 19.1. The summed E-state index contributed by atoms with van der Waals surface area (Å²) in [4.78, 5) is 12.5. The van der Waals surface area contributed by atoms with Crippen molar-refractivity contribution in [2.75, 3.05) is 5.32 Å². The molecule has 1 N–H and O–H groups in total. The zero-order chi connectivity index (χ0) is 17.3. The quantitative estimate of drug-likeness (QED) is 0.801. The van der Waals surface area contributed by atoms with Crippen molar-refractivity contribution in [3.05, 3.63) is 65.5 Å². The number of rotatable bonds is 4. The Bertz CT molecular complexity index is 881. The van der Waals surface area contributed by atoms with Gasteiger partial charge in [-0.1, -0.05) is 0 Å². The molecular formula is C18H19FN4O. The van der Waals surface area contributed by atoms with Gasteiger partial charge in [-0.2, -0.15) is 5.10 Å². The third kappa shape index (κ3) is 3.08. The summed E-state index contributed by atoms with van der Waals surface area (Å²) in [6.45, 7) is 3.82. The molecule has 24 heavy (non-hydrogen) atoms. The van der Waals surface area contributed by atoms with E-state index < -0.39 is 0 Å². The second kappa shape index (κ2) is 6.31. The molecule has 0 radical (unpaired) electrons. The van der Waals surface area contributed by atoms with Gasteiger partial charge in [0.25, 0.3) is 0 Å². The lowest BCUT2D eigenvalue weighted by Gasteiger charge is -2.12. The number of hydrogen-bond donors (Lipinski definition) is 1. The first-order chi connectivity index (χ1) is 11.5. The number of nitrogens with one attached hydrogen (secondary N) is 1. The first-order valence-corrected chi connectivity index (χ1v) is 7.67. The summed E-state index contributed by atoms with van der Waals surface area (Å²) >= 11 is 0. The molecule has 2 aromatic heterocycles. The van der Waals surface area contributed by atoms with E-state index in [9.17, 15) is 9.18 Å². The molecule has 0 aliphatic carbocycles. The predicted octanol–water partition coefficient (Wildman–Crippen LogP) is 3.15. The van der Waals surface area contributed by atoms with E-state index in [1.54, 1.807) is 27.7 Å². The maximum atomic E-state index is 13.6. The lowest BCUT2D eigenvalue weighted by Crippen LogP contribution is -2.17. The van der Waals surface area contributed by atoms with Crippen LogP contribution in [0, 0.1) is 19.7 Å². The van der Waals surface area contributed by atoms with E-state index in [0.29, 0.717) is 11.4 Å². The lowest BCUT2D eigenvalue weighted by molar-refractivity contribution is -0.115. The molecule has 0 unspecified atom stereocenters. The van der Waals surface area contributed by atoms with E-state index in [1.165, 1.54) is 12.1 Å². The van der Waals surface area contributed by atoms with Crippen LogP contribution in [0.25, 0.3) is 5.69 Å². The van der Waals surface area contributed by atoms with Crippen molar-refractivity contribution in [2.24, 2.45) is 7.05 Å². The van der Waals surface area contributed by atoms with Crippen LogP contribution in [0.4, 0.5) is 10.1 Å². The van der Waals surface area contributed by atoms with E-state index in [0.717, 1.165) is 17.0 Å². The average Bonchev–Trinajstić information content (AvgIpc) is 3.14. The molecule has 0 fully saturated rings. The van der Waals surface area contributed by atoms with Crippen LogP contribution in [0.2, 0.25) is 0 Å². The van der Waals surface area contributed by atoms with Gasteiger partial charge in [0, 0.05) is 30.7 Å². The molecule has 0 bridgehead atoms. The minimum absolute atomic E-state index is 0.158. The number of aryl methyl sites for hydroxylation is 2. The number of aromatic nitrogens is 3. The van der Waals surface area contributed by atoms with Crippen LogP contribution >= 0.6 is 0 Å². The fourth-order valence-electron chi connectivity index (χ4n) is 2.75. The van der Waals surface area contributed by atoms with Crippen LogP contribution < -0.4 is 5.32 Å². The highest BCUT2D eigenvalue weighted by Gasteiger charge is 2.15. The molecule has 2 heterocycles. The van der Waals surface area contributed by atoms with Gasteiger partial charge in [0.05, 0.1) is 23.5 Å². The average molecular weight is 326 g/mol. The standard InChI is InChI=1S/C18H19FN4O/c1-12-15(13(2)22(3)21-12)11-18(24)20-16-7-6-14(19)10-17(16)23-8-4-5-9-23/h4-10H,11H2,1-3H3,(H,20,24). The second-order valence-electron chi connectivity index (χ2n) is 5.75. The zero-order valence-corrected chi connectivity index (χ0v) is 13.9. The van der Waals surface area contributed by atoms with Gasteiger partial charge in [-0.25, -0.2) is 4.39 Å². The zero-order valence-electron chi connectivity index (χ0n) is 13.9. The molecule has 6 heteroatoms. The van der Waals surface area contributed by atoms with Crippen LogP contribution in [0.3, 0.4) is 0 Å². The maximum Gasteiger partial charge on any atom is 0.228 e. The highest BCUT2D eigenvalue weighted by Crippen LogP contribution is 2.22. The number of amides is 1. The third-order valence-electron chi connectivity index (χ3n) is 4.11. The topological polar surface area (TPSA) is 51.9 Å². The summed E-state index contributed by atoms with van der Waals surface area (Å²) in [6, 6.07) is 8.00. The minimum atomic E-state index is -0.351. The summed E-state index contributed by atoms with van der Waals surface area (Å²) in [5, 5.41) is 7.20. The second-order valence-corrected chi connectivity index (χ2v) is 5.75. The fourth-order valence-corrected chi connectivity index (χ4v) is 2.75. The van der Waals surface area contributed by atoms with Crippen molar-refractivity contribution in [1.29, 1.82) is 0 Å². The number of hydrogen-bond acceptors (Lipinski definition) is 2. The Morgan fingerprint density at radius 2 is 1.96 bits per heavy atom. The van der Waals surface area contributed by atoms with Gasteiger partial charge in [-0.3, -0.25) is 9.48 Å². The summed E-state index contributed by atoms with van der Waals surface area (Å²) in [5.74, 6) is -0.509. The summed E-state index contributed by atoms with van der Waals surface area (Å²) < 4.78 is 17.1. The van der Waals surface area contributed by atoms with Gasteiger partial charge in [-0.15, -0.1) is 0 Å². The van der Waals surface area contributed by atoms with Gasteiger partial charge in [-0.05, 0) is 44.2 Å². The van der Waals surface area contributed by atoms with E-state index in [1.807, 2.05) is 33.0 Å². The van der Waals surface area contributed by atoms with Crippen molar-refractivity contribution in [3.8, 4) is 5.69 Å². The Balaban J connectivity index is 1.85. The molecule has 1 aromatic carbocycles. The van der Waals surface area contributed by atoms with Crippen LogP contribution in [0.15, 0.2) is 42.7 Å². The predicted molar refractivity (Wildman–Crippen MR) is 90.7 cm³/mol. The third-order valence-corrected chi connectivity index (χ3v) is 4.11. The van der Waals surface area contributed by atoms with Gasteiger partial charge >= 0.3 is 0 Å². The Kier molecular flexibility index (Phi) is 4.20. The van der Waals surface area contributed by atoms with Crippen molar-refractivity contribution in [1.82, 2.24) is 14.3 Å². The monoisotopic (exact) mass is 326 g/mol. The number of halogens is 1. The minimum Gasteiger partial charge on any atom is -0.324 e. The molecule has 124 valence electrons. The molecule has 0 aliphatic rings. The number of carbonyl (C=O) groups excluding carboxylic acids is 1. The fraction of sp³-hybridized carbons (Fsp3) is 0.222. The SMILES string of the molecule is Cc1nn(C)c(C)c1CC(=O)Nc1ccc(F)cc1-n1cccc1. The van der Waals surface area contributed by atoms with Crippen molar-refractivity contribution in [3.63, 3.8) is 0 Å².